The number of aliphatic hydroxyl groups is 1. The maximum Gasteiger partial charge on any atom is 0.490 e. The van der Waals surface area contributed by atoms with Crippen LogP contribution in [0.5, 0.6) is 0 Å². The lowest BCUT2D eigenvalue weighted by molar-refractivity contribution is -0.192. The van der Waals surface area contributed by atoms with E-state index in [9.17, 15) is 70.9 Å². The summed E-state index contributed by atoms with van der Waals surface area (Å²) >= 11 is 0. The summed E-state index contributed by atoms with van der Waals surface area (Å²) in [5.74, 6) is -12.1. The molecule has 0 unspecified atom stereocenters. The predicted molar refractivity (Wildman–Crippen MR) is 293 cm³/mol. The maximum atomic E-state index is 15.2. The van der Waals surface area contributed by atoms with E-state index in [-0.39, 0.29) is 68.9 Å². The Morgan fingerprint density at radius 2 is 1.36 bits per heavy atom. The third kappa shape index (κ3) is 20.7. The van der Waals surface area contributed by atoms with Crippen molar-refractivity contribution in [2.24, 2.45) is 22.8 Å². The van der Waals surface area contributed by atoms with Gasteiger partial charge in [0, 0.05) is 50.0 Å². The summed E-state index contributed by atoms with van der Waals surface area (Å²) in [5.41, 5.74) is 12.0. The molecule has 1 aliphatic heterocycles. The number of carbonyl (C=O) groups is 10. The van der Waals surface area contributed by atoms with Crippen molar-refractivity contribution in [3.05, 3.63) is 89.9 Å². The number of aromatic nitrogens is 2. The van der Waals surface area contributed by atoms with E-state index in [1.807, 2.05) is 30.3 Å². The molecule has 10 N–H and O–H groups in total. The number of nitrogens with one attached hydrogen (secondary N) is 3. The molecule has 2 heterocycles. The molecule has 0 bridgehead atoms. The quantitative estimate of drug-likeness (QED) is 0.0279. The van der Waals surface area contributed by atoms with Crippen molar-refractivity contribution >= 4 is 59.2 Å². The van der Waals surface area contributed by atoms with Crippen LogP contribution in [-0.4, -0.2) is 161 Å². The molecule has 6 atom stereocenters. The summed E-state index contributed by atoms with van der Waals surface area (Å²) in [6, 6.07) is 3.64. The Morgan fingerprint density at radius 3 is 1.88 bits per heavy atom. The number of amides is 8. The van der Waals surface area contributed by atoms with Crippen LogP contribution in [0.1, 0.15) is 117 Å². The van der Waals surface area contributed by atoms with Gasteiger partial charge in [0.05, 0.1) is 17.8 Å². The molecule has 0 radical (unpaired) electrons. The van der Waals surface area contributed by atoms with Gasteiger partial charge < -0.3 is 52.2 Å². The molecule has 0 fully saturated rings. The molecule has 23 nitrogen and oxygen atoms in total. The number of nitrogens with zero attached hydrogens (tertiary/aromatic N) is 5. The van der Waals surface area contributed by atoms with Crippen LogP contribution < -0.4 is 27.4 Å². The fourth-order valence-electron chi connectivity index (χ4n) is 8.86. The number of carboxylic acid groups (broad SMARTS) is 2. The van der Waals surface area contributed by atoms with Crippen molar-refractivity contribution in [3.8, 4) is 11.3 Å². The molecule has 462 valence electrons. The summed E-state index contributed by atoms with van der Waals surface area (Å²) in [7, 11) is 0. The molecule has 0 saturated heterocycles. The van der Waals surface area contributed by atoms with Crippen molar-refractivity contribution in [3.63, 3.8) is 0 Å². The molecule has 0 saturated carbocycles. The SMILES string of the molecule is CC(C)[C@H](NC(=O)CCCCCN1C(=O)C=CC1=O)C(=O)N[C@@H](C)C(=O)N(C(=O)[C@@H](C)NC(=O)[C@@H](N)CCN(C(=O)CO)[C@@H](c1nc(-c2cc(F)ccc2F)cn1Cc1ccccc1)C(C)(C)C)[C@@H](CCCCN)C(=O)O.O=C(O)C(F)(F)F. The van der Waals surface area contributed by atoms with E-state index in [0.29, 0.717) is 30.6 Å². The monoisotopic (exact) mass is 1190 g/mol. The molecule has 28 heteroatoms. The van der Waals surface area contributed by atoms with Crippen molar-refractivity contribution < 1.29 is 85.2 Å². The number of unbranched alkanes of at least 4 members (excludes halogenated alkanes) is 3. The molecule has 0 spiro atoms. The number of benzene rings is 2. The highest BCUT2D eigenvalue weighted by molar-refractivity contribution is 6.12. The number of aliphatic carboxylic acids is 2. The van der Waals surface area contributed by atoms with Crippen LogP contribution in [0.2, 0.25) is 0 Å². The van der Waals surface area contributed by atoms with Crippen LogP contribution in [0.3, 0.4) is 0 Å². The Kier molecular flexibility index (Phi) is 26.9. The topological polar surface area (TPSA) is 347 Å². The Balaban J connectivity index is 0.00000247. The third-order valence-electron chi connectivity index (χ3n) is 13.2. The van der Waals surface area contributed by atoms with Crippen LogP contribution in [0.4, 0.5) is 22.0 Å². The summed E-state index contributed by atoms with van der Waals surface area (Å²) in [5, 5.41) is 35.4. The standard InChI is InChI=1S/C54H74F2N10O11.C2HF3O2/c1-32(2)46(62-42(68)19-12-9-15-26-64-43(69)22-23-44(64)70)50(73)60-34(4)52(75)66(41(53(76)77)18-13-14-25-57)51(74)33(3)59-49(72)39(58)24-27-65(45(71)31-67)47(54(5,6)7)48-61-40(37-28-36(55)20-21-38(37)56)30-63(48)29-35-16-10-8-11-17-35;3-2(4,5)1(6)7/h8,10-11,16-17,20-23,28,30,32-34,39,41,46-47,67H,9,12-15,18-19,24-27,29,31,57-58H2,1-7H3,(H,59,72)(H,60,73)(H,62,68)(H,76,77);(H,6,7)/t33-,34+,39+,41+,46+,47+;/m1./s1. The van der Waals surface area contributed by atoms with Gasteiger partial charge in [0.2, 0.25) is 23.6 Å². The Labute approximate surface area is 482 Å². The first-order valence-electron chi connectivity index (χ1n) is 27.0. The van der Waals surface area contributed by atoms with Crippen LogP contribution >= 0.6 is 0 Å². The van der Waals surface area contributed by atoms with E-state index in [1.165, 1.54) is 37.1 Å². The van der Waals surface area contributed by atoms with E-state index < -0.39 is 131 Å². The van der Waals surface area contributed by atoms with Gasteiger partial charge in [-0.15, -0.1) is 0 Å². The number of nitrogens with two attached hydrogens (primary N) is 2. The van der Waals surface area contributed by atoms with E-state index >= 15 is 4.39 Å². The number of hydrogen-bond acceptors (Lipinski definition) is 14. The Hall–Kier alpha value is -7.98. The number of halogens is 5. The minimum atomic E-state index is -5.08. The molecule has 3 aromatic rings. The van der Waals surface area contributed by atoms with Crippen LogP contribution in [0, 0.1) is 23.0 Å². The molecule has 4 rings (SSSR count). The van der Waals surface area contributed by atoms with Gasteiger partial charge in [-0.05, 0) is 94.0 Å². The van der Waals surface area contributed by atoms with Crippen molar-refractivity contribution in [1.82, 2.24) is 40.2 Å². The lowest BCUT2D eigenvalue weighted by Crippen LogP contribution is -2.61. The zero-order chi connectivity index (χ0) is 63.4. The highest BCUT2D eigenvalue weighted by atomic mass is 19.4. The number of carboxylic acids is 2. The zero-order valence-corrected chi connectivity index (χ0v) is 47.8. The fraction of sp³-hybridized carbons (Fsp3) is 0.518. The number of carbonyl (C=O) groups excluding carboxylic acids is 8. The Morgan fingerprint density at radius 1 is 0.774 bits per heavy atom. The zero-order valence-electron chi connectivity index (χ0n) is 47.8. The van der Waals surface area contributed by atoms with Gasteiger partial charge >= 0.3 is 18.1 Å². The van der Waals surface area contributed by atoms with Gasteiger partial charge in [-0.3, -0.25) is 48.2 Å². The minimum absolute atomic E-state index is 0.00491. The van der Waals surface area contributed by atoms with E-state index in [2.05, 4.69) is 16.0 Å². The van der Waals surface area contributed by atoms with Crippen LogP contribution in [-0.2, 0) is 54.5 Å². The van der Waals surface area contributed by atoms with Crippen molar-refractivity contribution in [2.45, 2.75) is 149 Å². The van der Waals surface area contributed by atoms with E-state index in [0.717, 1.165) is 28.7 Å². The fourth-order valence-corrected chi connectivity index (χ4v) is 8.86. The number of rotatable bonds is 29. The second-order valence-electron chi connectivity index (χ2n) is 21.3. The Bertz CT molecular complexity index is 2830. The summed E-state index contributed by atoms with van der Waals surface area (Å²) < 4.78 is 63.1. The first kappa shape index (κ1) is 70.3. The van der Waals surface area contributed by atoms with Gasteiger partial charge in [-0.25, -0.2) is 23.4 Å². The van der Waals surface area contributed by atoms with E-state index in [4.69, 9.17) is 26.4 Å². The first-order valence-corrected chi connectivity index (χ1v) is 27.0. The van der Waals surface area contributed by atoms with Crippen molar-refractivity contribution in [2.75, 3.05) is 26.2 Å². The first-order chi connectivity index (χ1) is 39.2. The summed E-state index contributed by atoms with van der Waals surface area (Å²) in [6.07, 6.45) is 0.172. The number of imide groups is 2. The average molecular weight is 1190 g/mol. The molecule has 2 aromatic carbocycles. The largest absolute Gasteiger partial charge is 0.490 e. The van der Waals surface area contributed by atoms with Crippen LogP contribution in [0.25, 0.3) is 11.3 Å². The summed E-state index contributed by atoms with van der Waals surface area (Å²) in [4.78, 5) is 136. The molecular weight excluding hydrogens is 1120 g/mol. The van der Waals surface area contributed by atoms with Crippen molar-refractivity contribution in [1.29, 1.82) is 0 Å². The van der Waals surface area contributed by atoms with Gasteiger partial charge in [0.25, 0.3) is 23.6 Å². The second kappa shape index (κ2) is 32.2. The third-order valence-corrected chi connectivity index (χ3v) is 13.2. The molecule has 1 aliphatic rings. The summed E-state index contributed by atoms with van der Waals surface area (Å²) in [6.45, 7) is 10.5. The van der Waals surface area contributed by atoms with E-state index in [1.54, 1.807) is 39.2 Å². The molecule has 8 amide bonds. The smallest absolute Gasteiger partial charge is 0.480 e. The predicted octanol–water partition coefficient (Wildman–Crippen LogP) is 3.71. The maximum absolute atomic E-state index is 15.2. The molecule has 0 aliphatic carbocycles. The number of alkyl halides is 3. The van der Waals surface area contributed by atoms with Gasteiger partial charge in [-0.1, -0.05) is 71.4 Å². The van der Waals surface area contributed by atoms with Gasteiger partial charge in [0.1, 0.15) is 48.2 Å². The lowest BCUT2D eigenvalue weighted by Gasteiger charge is -2.40. The lowest BCUT2D eigenvalue weighted by atomic mass is 9.84. The van der Waals surface area contributed by atoms with Gasteiger partial charge in [-0.2, -0.15) is 13.2 Å². The molecule has 1 aromatic heterocycles. The van der Waals surface area contributed by atoms with Crippen LogP contribution in [0.15, 0.2) is 66.9 Å². The number of hydrogen-bond donors (Lipinski definition) is 8. The highest BCUT2D eigenvalue weighted by Crippen LogP contribution is 2.40. The average Bonchev–Trinajstić information content (AvgIpc) is 2.73. The number of aliphatic hydroxyl groups excluding tert-OH is 1. The molecule has 84 heavy (non-hydrogen) atoms. The highest BCUT2D eigenvalue weighted by Gasteiger charge is 2.42. The minimum Gasteiger partial charge on any atom is -0.480 e. The molecular formula is C56H75F5N10O13. The number of imidazole rings is 1. The second-order valence-corrected chi connectivity index (χ2v) is 21.3. The normalized spacial score (nSPS) is 14.5. The van der Waals surface area contributed by atoms with Gasteiger partial charge in [0.15, 0.2) is 0 Å².